The van der Waals surface area contributed by atoms with Crippen molar-refractivity contribution in [1.29, 1.82) is 0 Å². The second-order valence-corrected chi connectivity index (χ2v) is 8.60. The van der Waals surface area contributed by atoms with Gasteiger partial charge in [0.05, 0.1) is 24.8 Å². The molecule has 0 saturated heterocycles. The smallest absolute Gasteiger partial charge is 0.416 e. The number of nitrogens with zero attached hydrogens (tertiary/aromatic N) is 2. The van der Waals surface area contributed by atoms with Crippen LogP contribution in [-0.2, 0) is 10.9 Å². The van der Waals surface area contributed by atoms with Gasteiger partial charge in [0, 0.05) is 16.6 Å². The van der Waals surface area contributed by atoms with Gasteiger partial charge in [-0.3, -0.25) is 0 Å². The molecular formula is C25H25F3N4O3. The highest BCUT2D eigenvalue weighted by Crippen LogP contribution is 2.45. The summed E-state index contributed by atoms with van der Waals surface area (Å²) in [5, 5.41) is 3.96. The van der Waals surface area contributed by atoms with Gasteiger partial charge in [-0.1, -0.05) is 6.08 Å². The van der Waals surface area contributed by atoms with Crippen LogP contribution in [0, 0.1) is 6.92 Å². The molecule has 1 atom stereocenters. The maximum absolute atomic E-state index is 13.3. The molecule has 0 amide bonds. The Balaban J connectivity index is 1.62. The van der Waals surface area contributed by atoms with Crippen molar-refractivity contribution >= 4 is 28.0 Å². The lowest BCUT2D eigenvalue weighted by Crippen LogP contribution is -2.18. The van der Waals surface area contributed by atoms with Crippen molar-refractivity contribution in [3.05, 3.63) is 52.9 Å². The molecule has 0 aliphatic carbocycles. The third-order valence-corrected chi connectivity index (χ3v) is 6.06. The standard InChI is InChI=1S/C25H25F3N4O3/c1-13(16-9-17(25(26,27)28)11-18(29)10-16)30-24-20-12-19(15-3-5-33-6-4-15)22-23(35-8-7-34-22)21(20)31-14(2)32-24/h3,9-13H,4-8,29H2,1-2H3,(H,30,31,32)/t13-/m1/s1. The number of hydrogen-bond donors (Lipinski definition) is 2. The monoisotopic (exact) mass is 486 g/mol. The molecule has 2 aromatic carbocycles. The number of anilines is 2. The summed E-state index contributed by atoms with van der Waals surface area (Å²) in [5.41, 5.74) is 7.96. The first-order valence-corrected chi connectivity index (χ1v) is 11.3. The van der Waals surface area contributed by atoms with Crippen LogP contribution in [0.4, 0.5) is 24.7 Å². The maximum Gasteiger partial charge on any atom is 0.416 e. The van der Waals surface area contributed by atoms with E-state index >= 15 is 0 Å². The predicted octanol–water partition coefficient (Wildman–Crippen LogP) is 5.29. The Kier molecular flexibility index (Phi) is 5.92. The Morgan fingerprint density at radius 3 is 2.51 bits per heavy atom. The molecule has 0 spiro atoms. The summed E-state index contributed by atoms with van der Waals surface area (Å²) in [6.45, 7) is 5.44. The highest BCUT2D eigenvalue weighted by molar-refractivity contribution is 5.99. The number of alkyl halides is 3. The van der Waals surface area contributed by atoms with Gasteiger partial charge < -0.3 is 25.3 Å². The lowest BCUT2D eigenvalue weighted by Gasteiger charge is -2.26. The van der Waals surface area contributed by atoms with Crippen LogP contribution in [0.1, 0.15) is 41.9 Å². The molecule has 184 valence electrons. The van der Waals surface area contributed by atoms with Gasteiger partial charge in [0.2, 0.25) is 0 Å². The number of hydrogen-bond acceptors (Lipinski definition) is 7. The second-order valence-electron chi connectivity index (χ2n) is 8.60. The van der Waals surface area contributed by atoms with Gasteiger partial charge in [-0.05, 0) is 55.7 Å². The van der Waals surface area contributed by atoms with Crippen LogP contribution in [0.3, 0.4) is 0 Å². The summed E-state index contributed by atoms with van der Waals surface area (Å²) in [6, 6.07) is 4.99. The fraction of sp³-hybridized carbons (Fsp3) is 0.360. The molecule has 2 aliphatic heterocycles. The van der Waals surface area contributed by atoms with E-state index in [0.717, 1.165) is 29.7 Å². The van der Waals surface area contributed by atoms with Crippen molar-refractivity contribution in [2.24, 2.45) is 0 Å². The lowest BCUT2D eigenvalue weighted by atomic mass is 9.97. The molecule has 3 aromatic rings. The molecule has 10 heteroatoms. The Hall–Kier alpha value is -3.53. The minimum atomic E-state index is -4.50. The number of aryl methyl sites for hydroxylation is 1. The van der Waals surface area contributed by atoms with E-state index in [1.54, 1.807) is 13.8 Å². The molecule has 35 heavy (non-hydrogen) atoms. The molecule has 3 heterocycles. The van der Waals surface area contributed by atoms with Gasteiger partial charge in [0.1, 0.15) is 30.4 Å². The van der Waals surface area contributed by atoms with E-state index in [1.165, 1.54) is 6.07 Å². The Labute approximate surface area is 200 Å². The number of nitrogen functional groups attached to an aromatic ring is 1. The molecule has 0 bridgehead atoms. The zero-order valence-electron chi connectivity index (χ0n) is 19.3. The topological polar surface area (TPSA) is 91.5 Å². The molecule has 0 fully saturated rings. The first kappa shape index (κ1) is 23.2. The van der Waals surface area contributed by atoms with Crippen LogP contribution < -0.4 is 20.5 Å². The van der Waals surface area contributed by atoms with E-state index in [0.29, 0.717) is 66.0 Å². The zero-order valence-corrected chi connectivity index (χ0v) is 19.3. The number of rotatable bonds is 4. The molecule has 0 radical (unpaired) electrons. The van der Waals surface area contributed by atoms with Gasteiger partial charge in [-0.15, -0.1) is 0 Å². The summed E-state index contributed by atoms with van der Waals surface area (Å²) < 4.78 is 57.5. The molecule has 1 aromatic heterocycles. The van der Waals surface area contributed by atoms with Crippen molar-refractivity contribution in [2.45, 2.75) is 32.5 Å². The number of nitrogens with one attached hydrogen (secondary N) is 1. The fourth-order valence-electron chi connectivity index (χ4n) is 4.39. The van der Waals surface area contributed by atoms with Gasteiger partial charge >= 0.3 is 6.18 Å². The summed E-state index contributed by atoms with van der Waals surface area (Å²) in [5.74, 6) is 2.16. The van der Waals surface area contributed by atoms with Crippen LogP contribution in [-0.4, -0.2) is 36.4 Å². The van der Waals surface area contributed by atoms with E-state index in [1.807, 2.05) is 12.1 Å². The van der Waals surface area contributed by atoms with Crippen LogP contribution in [0.2, 0.25) is 0 Å². The average molecular weight is 486 g/mol. The van der Waals surface area contributed by atoms with Gasteiger partial charge in [0.15, 0.2) is 11.5 Å². The van der Waals surface area contributed by atoms with Gasteiger partial charge in [-0.25, -0.2) is 9.97 Å². The van der Waals surface area contributed by atoms with E-state index in [2.05, 4.69) is 15.3 Å². The van der Waals surface area contributed by atoms with E-state index < -0.39 is 17.8 Å². The summed E-state index contributed by atoms with van der Waals surface area (Å²) in [7, 11) is 0. The number of ether oxygens (including phenoxy) is 3. The van der Waals surface area contributed by atoms with Crippen molar-refractivity contribution in [3.63, 3.8) is 0 Å². The molecule has 0 unspecified atom stereocenters. The Bertz CT molecular complexity index is 1320. The Morgan fingerprint density at radius 1 is 1.03 bits per heavy atom. The van der Waals surface area contributed by atoms with Crippen LogP contribution in [0.15, 0.2) is 30.3 Å². The van der Waals surface area contributed by atoms with Crippen molar-refractivity contribution in [2.75, 3.05) is 37.5 Å². The van der Waals surface area contributed by atoms with E-state index in [4.69, 9.17) is 19.9 Å². The molecule has 7 nitrogen and oxygen atoms in total. The number of halogens is 3. The normalized spacial score (nSPS) is 16.7. The summed E-state index contributed by atoms with van der Waals surface area (Å²) in [4.78, 5) is 9.19. The largest absolute Gasteiger partial charge is 0.485 e. The zero-order chi connectivity index (χ0) is 24.7. The van der Waals surface area contributed by atoms with E-state index in [9.17, 15) is 13.2 Å². The van der Waals surface area contributed by atoms with Gasteiger partial charge in [0.25, 0.3) is 0 Å². The van der Waals surface area contributed by atoms with Gasteiger partial charge in [-0.2, -0.15) is 13.2 Å². The highest BCUT2D eigenvalue weighted by atomic mass is 19.4. The maximum atomic E-state index is 13.3. The molecule has 2 aliphatic rings. The van der Waals surface area contributed by atoms with Crippen molar-refractivity contribution in [3.8, 4) is 11.5 Å². The number of aromatic nitrogens is 2. The summed E-state index contributed by atoms with van der Waals surface area (Å²) in [6.07, 6.45) is -1.76. The third kappa shape index (κ3) is 4.58. The predicted molar refractivity (Wildman–Crippen MR) is 127 cm³/mol. The van der Waals surface area contributed by atoms with Crippen LogP contribution >= 0.6 is 0 Å². The highest BCUT2D eigenvalue weighted by Gasteiger charge is 2.32. The third-order valence-electron chi connectivity index (χ3n) is 6.06. The second kappa shape index (κ2) is 8.92. The number of nitrogens with two attached hydrogens (primary N) is 1. The van der Waals surface area contributed by atoms with Crippen LogP contribution in [0.25, 0.3) is 16.5 Å². The van der Waals surface area contributed by atoms with Crippen molar-refractivity contribution in [1.82, 2.24) is 9.97 Å². The molecule has 0 saturated carbocycles. The molecule has 3 N–H and O–H groups in total. The minimum Gasteiger partial charge on any atom is -0.485 e. The first-order chi connectivity index (χ1) is 16.7. The lowest BCUT2D eigenvalue weighted by molar-refractivity contribution is -0.137. The quantitative estimate of drug-likeness (QED) is 0.485. The first-order valence-electron chi connectivity index (χ1n) is 11.3. The van der Waals surface area contributed by atoms with Crippen LogP contribution in [0.5, 0.6) is 11.5 Å². The number of fused-ring (bicyclic) bond motifs is 3. The Morgan fingerprint density at radius 2 is 1.80 bits per heavy atom. The minimum absolute atomic E-state index is 0.0422. The van der Waals surface area contributed by atoms with E-state index in [-0.39, 0.29) is 5.69 Å². The molecule has 5 rings (SSSR count). The SMILES string of the molecule is Cc1nc(N[C@H](C)c2cc(N)cc(C(F)(F)F)c2)c2cc(C3=CCOCC3)c3c(c2n1)OCCO3. The summed E-state index contributed by atoms with van der Waals surface area (Å²) >= 11 is 0. The fourth-order valence-corrected chi connectivity index (χ4v) is 4.39. The number of benzene rings is 2. The average Bonchev–Trinajstić information content (AvgIpc) is 2.83. The molecular weight excluding hydrogens is 461 g/mol. The van der Waals surface area contributed by atoms with Crippen molar-refractivity contribution < 1.29 is 27.4 Å².